The van der Waals surface area contributed by atoms with Gasteiger partial charge in [0.05, 0.1) is 19.1 Å². The molecule has 0 atom stereocenters. The summed E-state index contributed by atoms with van der Waals surface area (Å²) in [5.41, 5.74) is 2.87. The fourth-order valence-electron chi connectivity index (χ4n) is 5.94. The summed E-state index contributed by atoms with van der Waals surface area (Å²) in [5.74, 6) is 1.45. The van der Waals surface area contributed by atoms with Crippen LogP contribution in [0.4, 0.5) is 15.9 Å². The molecule has 1 aromatic heterocycles. The number of ether oxygens (including phenoxy) is 2. The summed E-state index contributed by atoms with van der Waals surface area (Å²) >= 11 is 6.89. The highest BCUT2D eigenvalue weighted by Crippen LogP contribution is 2.37. The van der Waals surface area contributed by atoms with Crippen molar-refractivity contribution >= 4 is 51.8 Å². The normalized spacial score (nSPS) is 15.8. The zero-order valence-corrected chi connectivity index (χ0v) is 28.7. The molecule has 0 bridgehead atoms. The maximum absolute atomic E-state index is 13.8. The minimum Gasteiger partial charge on any atom is -0.493 e. The number of amides is 1. The van der Waals surface area contributed by atoms with E-state index in [1.807, 2.05) is 18.2 Å². The highest BCUT2D eigenvalue weighted by molar-refractivity contribution is 8.26. The number of halogens is 1. The van der Waals surface area contributed by atoms with Crippen LogP contribution in [-0.2, 0) is 17.8 Å². The van der Waals surface area contributed by atoms with E-state index in [4.69, 9.17) is 21.7 Å². The van der Waals surface area contributed by atoms with Crippen molar-refractivity contribution in [1.82, 2.24) is 9.47 Å². The molecule has 0 N–H and O–H groups in total. The number of rotatable bonds is 11. The molecule has 3 aromatic rings. The van der Waals surface area contributed by atoms with E-state index in [2.05, 4.69) is 22.8 Å². The van der Waals surface area contributed by atoms with E-state index < -0.39 is 0 Å². The molecule has 2 aliphatic heterocycles. The Kier molecular flexibility index (Phi) is 10.9. The van der Waals surface area contributed by atoms with Crippen molar-refractivity contribution < 1.29 is 18.7 Å². The molecular formula is C35H38FN5O4S2. The molecule has 12 heteroatoms. The second kappa shape index (κ2) is 15.0. The van der Waals surface area contributed by atoms with Gasteiger partial charge in [0.25, 0.3) is 11.5 Å². The second-order valence-corrected chi connectivity index (χ2v) is 13.1. The Balaban J connectivity index is 1.47. The number of benzene rings is 2. The fourth-order valence-corrected chi connectivity index (χ4v) is 7.23. The molecule has 2 aliphatic rings. The Morgan fingerprint density at radius 2 is 1.68 bits per heavy atom. The zero-order valence-electron chi connectivity index (χ0n) is 27.0. The van der Waals surface area contributed by atoms with Gasteiger partial charge in [-0.05, 0) is 73.4 Å². The van der Waals surface area contributed by atoms with Gasteiger partial charge in [-0.15, -0.1) is 0 Å². The van der Waals surface area contributed by atoms with Crippen LogP contribution in [0.1, 0.15) is 42.0 Å². The van der Waals surface area contributed by atoms with E-state index >= 15 is 0 Å². The minimum atomic E-state index is -0.325. The number of pyridine rings is 1. The van der Waals surface area contributed by atoms with Gasteiger partial charge in [-0.2, -0.15) is 5.26 Å². The van der Waals surface area contributed by atoms with Crippen LogP contribution < -0.4 is 24.8 Å². The van der Waals surface area contributed by atoms with Gasteiger partial charge in [0, 0.05) is 50.5 Å². The number of carbonyl (C=O) groups is 1. The lowest BCUT2D eigenvalue weighted by atomic mass is 10.0. The lowest BCUT2D eigenvalue weighted by molar-refractivity contribution is -0.122. The van der Waals surface area contributed by atoms with Gasteiger partial charge in [-0.25, -0.2) is 4.39 Å². The number of nitriles is 1. The number of carbonyl (C=O) groups excluding carboxylic acids is 1. The molecule has 0 saturated carbocycles. The number of hydrogen-bond acceptors (Lipinski definition) is 9. The summed E-state index contributed by atoms with van der Waals surface area (Å²) < 4.78 is 26.5. The van der Waals surface area contributed by atoms with Crippen LogP contribution in [0.25, 0.3) is 6.08 Å². The third kappa shape index (κ3) is 7.16. The Hall–Kier alpha value is -4.34. The quantitative estimate of drug-likeness (QED) is 0.186. The number of unbranched alkanes of at least 4 members (excludes halogenated alkanes) is 1. The van der Waals surface area contributed by atoms with Gasteiger partial charge in [0.1, 0.15) is 27.6 Å². The smallest absolute Gasteiger partial charge is 0.270 e. The molecule has 2 aromatic carbocycles. The van der Waals surface area contributed by atoms with Gasteiger partial charge in [0.2, 0.25) is 0 Å². The number of hydrogen-bond donors (Lipinski definition) is 0. The SMILES string of the molecule is CCCCn1c(N2CCN(c3ccc(F)cc3)CC2)c(/C=C2/SC(=S)N(CCc3ccc(OC)c(OC)c3)C2=O)c(C)c(C#N)c1=O. The first-order valence-electron chi connectivity index (χ1n) is 15.6. The standard InChI is InChI=1S/C35H38FN5O4S2/c1-5-6-14-40-32(39-18-16-38(17-19-39)26-10-8-25(36)9-11-26)27(23(2)28(22-37)33(40)42)21-31-34(43)41(35(46)47-31)15-13-24-7-12-29(44-3)30(20-24)45-4/h7-12,20-21H,5-6,13-19H2,1-4H3/b31-21+. The highest BCUT2D eigenvalue weighted by Gasteiger charge is 2.33. The van der Waals surface area contributed by atoms with Crippen molar-refractivity contribution in [3.8, 4) is 17.6 Å². The predicted octanol–water partition coefficient (Wildman–Crippen LogP) is 5.76. The van der Waals surface area contributed by atoms with Crippen molar-refractivity contribution in [3.05, 3.63) is 85.8 Å². The summed E-state index contributed by atoms with van der Waals surface area (Å²) in [4.78, 5) is 33.9. The van der Waals surface area contributed by atoms with Crippen LogP contribution >= 0.6 is 24.0 Å². The Labute approximate surface area is 284 Å². The molecule has 3 heterocycles. The van der Waals surface area contributed by atoms with Gasteiger partial charge in [-0.3, -0.25) is 19.1 Å². The van der Waals surface area contributed by atoms with E-state index in [1.54, 1.807) is 48.8 Å². The second-order valence-electron chi connectivity index (χ2n) is 11.4. The summed E-state index contributed by atoms with van der Waals surface area (Å²) in [7, 11) is 3.17. The number of anilines is 2. The molecular weight excluding hydrogens is 638 g/mol. The predicted molar refractivity (Wildman–Crippen MR) is 189 cm³/mol. The maximum Gasteiger partial charge on any atom is 0.270 e. The van der Waals surface area contributed by atoms with Crippen molar-refractivity contribution in [2.24, 2.45) is 0 Å². The highest BCUT2D eigenvalue weighted by atomic mass is 32.2. The Bertz CT molecular complexity index is 1790. The number of piperazine rings is 1. The molecule has 0 spiro atoms. The van der Waals surface area contributed by atoms with Crippen molar-refractivity contribution in [1.29, 1.82) is 5.26 Å². The third-order valence-corrected chi connectivity index (χ3v) is 9.95. The lowest BCUT2D eigenvalue weighted by Gasteiger charge is -2.39. The molecule has 1 amide bonds. The molecule has 47 heavy (non-hydrogen) atoms. The van der Waals surface area contributed by atoms with Crippen molar-refractivity contribution in [3.63, 3.8) is 0 Å². The number of thioether (sulfide) groups is 1. The molecule has 246 valence electrons. The first-order chi connectivity index (χ1) is 22.7. The number of nitrogens with zero attached hydrogens (tertiary/aromatic N) is 5. The first-order valence-corrected chi connectivity index (χ1v) is 16.8. The summed E-state index contributed by atoms with van der Waals surface area (Å²) in [6, 6.07) is 14.2. The summed E-state index contributed by atoms with van der Waals surface area (Å²) in [5, 5.41) is 10.1. The third-order valence-electron chi connectivity index (χ3n) is 8.57. The zero-order chi connectivity index (χ0) is 33.7. The van der Waals surface area contributed by atoms with Crippen LogP contribution in [-0.4, -0.2) is 66.6 Å². The molecule has 2 saturated heterocycles. The average Bonchev–Trinajstić information content (AvgIpc) is 3.35. The van der Waals surface area contributed by atoms with Gasteiger partial charge in [-0.1, -0.05) is 43.4 Å². The van der Waals surface area contributed by atoms with Gasteiger partial charge < -0.3 is 19.3 Å². The average molecular weight is 676 g/mol. The molecule has 0 unspecified atom stereocenters. The van der Waals surface area contributed by atoms with E-state index in [-0.39, 0.29) is 22.8 Å². The number of aromatic nitrogens is 1. The molecule has 0 aliphatic carbocycles. The molecule has 5 rings (SSSR count). The van der Waals surface area contributed by atoms with Gasteiger partial charge in [0.15, 0.2) is 11.5 Å². The maximum atomic E-state index is 13.8. The number of methoxy groups -OCH3 is 2. The topological polar surface area (TPSA) is 91.0 Å². The van der Waals surface area contributed by atoms with E-state index in [0.29, 0.717) is 83.4 Å². The van der Waals surface area contributed by atoms with Crippen molar-refractivity contribution in [2.75, 3.05) is 56.7 Å². The van der Waals surface area contributed by atoms with Crippen molar-refractivity contribution in [2.45, 2.75) is 39.7 Å². The van der Waals surface area contributed by atoms with E-state index in [0.717, 1.165) is 24.1 Å². The summed E-state index contributed by atoms with van der Waals surface area (Å²) in [6.07, 6.45) is 3.99. The fraction of sp³-hybridized carbons (Fsp3) is 0.371. The first kappa shape index (κ1) is 34.0. The van der Waals surface area contributed by atoms with Crippen LogP contribution in [0, 0.1) is 24.1 Å². The van der Waals surface area contributed by atoms with Crippen LogP contribution in [0.15, 0.2) is 52.2 Å². The number of thiocarbonyl (C=S) groups is 1. The molecule has 2 fully saturated rings. The summed E-state index contributed by atoms with van der Waals surface area (Å²) in [6.45, 7) is 7.17. The van der Waals surface area contributed by atoms with Crippen LogP contribution in [0.3, 0.4) is 0 Å². The Morgan fingerprint density at radius 1 is 1.00 bits per heavy atom. The van der Waals surface area contributed by atoms with Gasteiger partial charge >= 0.3 is 0 Å². The lowest BCUT2D eigenvalue weighted by Crippen LogP contribution is -2.48. The van der Waals surface area contributed by atoms with Crippen LogP contribution in [0.5, 0.6) is 11.5 Å². The molecule has 9 nitrogen and oxygen atoms in total. The molecule has 0 radical (unpaired) electrons. The largest absolute Gasteiger partial charge is 0.493 e. The van der Waals surface area contributed by atoms with E-state index in [9.17, 15) is 19.2 Å². The Morgan fingerprint density at radius 3 is 2.32 bits per heavy atom. The minimum absolute atomic E-state index is 0.0741. The van der Waals surface area contributed by atoms with E-state index in [1.165, 1.54) is 23.9 Å². The van der Waals surface area contributed by atoms with Crippen LogP contribution in [0.2, 0.25) is 0 Å². The monoisotopic (exact) mass is 675 g/mol.